The maximum Gasteiger partial charge on any atom is 0.330 e. The lowest BCUT2D eigenvalue weighted by atomic mass is 9.90. The lowest BCUT2D eigenvalue weighted by molar-refractivity contribution is -0.120. The second-order valence-electron chi connectivity index (χ2n) is 9.66. The van der Waals surface area contributed by atoms with Crippen molar-refractivity contribution in [2.75, 3.05) is 36.8 Å². The quantitative estimate of drug-likeness (QED) is 0.450. The molecule has 8 heteroatoms. The summed E-state index contributed by atoms with van der Waals surface area (Å²) in [7, 11) is 0. The van der Waals surface area contributed by atoms with E-state index in [0.717, 1.165) is 64.5 Å². The van der Waals surface area contributed by atoms with Crippen molar-refractivity contribution in [3.05, 3.63) is 56.7 Å². The van der Waals surface area contributed by atoms with Crippen molar-refractivity contribution in [2.24, 2.45) is 5.92 Å². The molecule has 2 aromatic rings. The van der Waals surface area contributed by atoms with Crippen LogP contribution in [0.25, 0.3) is 0 Å². The minimum Gasteiger partial charge on any atom is -0.383 e. The monoisotopic (exact) mass is 483 g/mol. The molecule has 192 valence electrons. The Balaban J connectivity index is 1.72. The molecule has 35 heavy (non-hydrogen) atoms. The molecule has 0 atom stereocenters. The van der Waals surface area contributed by atoms with Gasteiger partial charge in [-0.2, -0.15) is 0 Å². The lowest BCUT2D eigenvalue weighted by Gasteiger charge is -2.33. The van der Waals surface area contributed by atoms with Crippen LogP contribution in [0.3, 0.4) is 0 Å². The molecule has 0 saturated carbocycles. The molecule has 0 radical (unpaired) electrons. The highest BCUT2D eigenvalue weighted by molar-refractivity contribution is 5.96. The van der Waals surface area contributed by atoms with E-state index < -0.39 is 11.2 Å². The van der Waals surface area contributed by atoms with Crippen LogP contribution in [0.15, 0.2) is 39.9 Å². The number of anilines is 2. The molecule has 0 bridgehead atoms. The smallest absolute Gasteiger partial charge is 0.330 e. The zero-order valence-electron chi connectivity index (χ0n) is 21.3. The van der Waals surface area contributed by atoms with Crippen LogP contribution in [0.2, 0.25) is 0 Å². The van der Waals surface area contributed by atoms with Gasteiger partial charge < -0.3 is 10.6 Å². The summed E-state index contributed by atoms with van der Waals surface area (Å²) in [5.74, 6) is 0.559. The van der Waals surface area contributed by atoms with Crippen LogP contribution in [0.5, 0.6) is 0 Å². The Morgan fingerprint density at radius 3 is 2.40 bits per heavy atom. The predicted molar refractivity (Wildman–Crippen MR) is 142 cm³/mol. The number of nitrogens with zero attached hydrogens (tertiary/aromatic N) is 3. The third-order valence-corrected chi connectivity index (χ3v) is 6.94. The summed E-state index contributed by atoms with van der Waals surface area (Å²) in [4.78, 5) is 44.7. The number of likely N-dealkylation sites (tertiary alicyclic amines) is 1. The zero-order chi connectivity index (χ0) is 25.2. The zero-order valence-corrected chi connectivity index (χ0v) is 21.3. The molecule has 8 nitrogen and oxygen atoms in total. The van der Waals surface area contributed by atoms with Gasteiger partial charge in [-0.3, -0.25) is 24.0 Å². The maximum atomic E-state index is 13.5. The highest BCUT2D eigenvalue weighted by Gasteiger charge is 2.27. The number of benzene rings is 1. The summed E-state index contributed by atoms with van der Waals surface area (Å²) < 4.78 is 1.38. The molecule has 0 spiro atoms. The van der Waals surface area contributed by atoms with Crippen molar-refractivity contribution in [1.29, 1.82) is 0 Å². The topological polar surface area (TPSA) is 104 Å². The van der Waals surface area contributed by atoms with Gasteiger partial charge in [0, 0.05) is 13.1 Å². The number of nitrogens with one attached hydrogen (secondary N) is 1. The summed E-state index contributed by atoms with van der Waals surface area (Å²) in [6.07, 6.45) is 7.52. The summed E-state index contributed by atoms with van der Waals surface area (Å²) in [6.45, 7) is 6.90. The van der Waals surface area contributed by atoms with Crippen LogP contribution in [-0.2, 0) is 17.8 Å². The Hall–Kier alpha value is -2.87. The van der Waals surface area contributed by atoms with Crippen molar-refractivity contribution in [2.45, 2.75) is 71.8 Å². The first-order chi connectivity index (χ1) is 16.9. The number of nitrogen functional groups attached to an aromatic ring is 1. The number of carbonyl (C=O) groups is 1. The first kappa shape index (κ1) is 26.7. The van der Waals surface area contributed by atoms with Gasteiger partial charge in [-0.25, -0.2) is 4.79 Å². The Bertz CT molecular complexity index is 1050. The van der Waals surface area contributed by atoms with E-state index in [2.05, 4.69) is 41.1 Å². The van der Waals surface area contributed by atoms with Crippen molar-refractivity contribution in [1.82, 2.24) is 14.5 Å². The largest absolute Gasteiger partial charge is 0.383 e. The SMILES string of the molecule is CCCCCN(C(=O)CN1CCC(Cc2ccccc2)CC1)c1c(N)n(CCCC)c(=O)[nH]c1=O. The van der Waals surface area contributed by atoms with E-state index in [1.165, 1.54) is 15.0 Å². The van der Waals surface area contributed by atoms with Crippen LogP contribution in [0.4, 0.5) is 11.5 Å². The molecule has 1 aliphatic heterocycles. The normalized spacial score (nSPS) is 14.8. The van der Waals surface area contributed by atoms with Crippen molar-refractivity contribution in [3.63, 3.8) is 0 Å². The van der Waals surface area contributed by atoms with E-state index >= 15 is 0 Å². The van der Waals surface area contributed by atoms with Crippen LogP contribution < -0.4 is 21.9 Å². The highest BCUT2D eigenvalue weighted by Crippen LogP contribution is 2.23. The van der Waals surface area contributed by atoms with E-state index in [1.54, 1.807) is 0 Å². The average Bonchev–Trinajstić information content (AvgIpc) is 2.84. The van der Waals surface area contributed by atoms with Gasteiger partial charge >= 0.3 is 5.69 Å². The molecule has 1 aromatic heterocycles. The van der Waals surface area contributed by atoms with Gasteiger partial charge in [-0.05, 0) is 56.7 Å². The van der Waals surface area contributed by atoms with Gasteiger partial charge in [0.2, 0.25) is 5.91 Å². The van der Waals surface area contributed by atoms with E-state index in [1.807, 2.05) is 13.0 Å². The second-order valence-corrected chi connectivity index (χ2v) is 9.66. The number of carbonyl (C=O) groups excluding carboxylic acids is 1. The number of piperidine rings is 1. The van der Waals surface area contributed by atoms with E-state index in [-0.39, 0.29) is 24.0 Å². The Kier molecular flexibility index (Phi) is 10.1. The van der Waals surface area contributed by atoms with Crippen molar-refractivity contribution in [3.8, 4) is 0 Å². The second kappa shape index (κ2) is 13.3. The fraction of sp³-hybridized carbons (Fsp3) is 0.593. The van der Waals surface area contributed by atoms with Crippen LogP contribution >= 0.6 is 0 Å². The predicted octanol–water partition coefficient (Wildman–Crippen LogP) is 3.40. The number of H-pyrrole nitrogens is 1. The Morgan fingerprint density at radius 1 is 1.06 bits per heavy atom. The number of rotatable bonds is 12. The van der Waals surface area contributed by atoms with Crippen molar-refractivity contribution < 1.29 is 4.79 Å². The molecule has 1 amide bonds. The van der Waals surface area contributed by atoms with Gasteiger partial charge in [-0.15, -0.1) is 0 Å². The fourth-order valence-electron chi connectivity index (χ4n) is 4.83. The summed E-state index contributed by atoms with van der Waals surface area (Å²) >= 11 is 0. The lowest BCUT2D eigenvalue weighted by Crippen LogP contribution is -2.47. The molecule has 3 rings (SSSR count). The summed E-state index contributed by atoms with van der Waals surface area (Å²) in [5.41, 5.74) is 6.69. The standard InChI is InChI=1S/C27H41N5O3/c1-3-5-10-16-31(24-25(28)32(15-6-4-2)27(35)29-26(24)34)23(33)20-30-17-13-22(14-18-30)19-21-11-8-7-9-12-21/h7-9,11-12,22H,3-6,10,13-20,28H2,1-2H3,(H,29,34,35). The van der Waals surface area contributed by atoms with Crippen LogP contribution in [0.1, 0.15) is 64.4 Å². The average molecular weight is 484 g/mol. The molecular formula is C27H41N5O3. The molecule has 1 aliphatic rings. The highest BCUT2D eigenvalue weighted by atomic mass is 16.2. The number of unbranched alkanes of at least 4 members (excludes halogenated alkanes) is 3. The Morgan fingerprint density at radius 2 is 1.74 bits per heavy atom. The first-order valence-electron chi connectivity index (χ1n) is 13.1. The Labute approximate surface area is 208 Å². The molecule has 3 N–H and O–H groups in total. The maximum absolute atomic E-state index is 13.5. The fourth-order valence-corrected chi connectivity index (χ4v) is 4.83. The number of aromatic amines is 1. The third-order valence-electron chi connectivity index (χ3n) is 6.94. The number of aromatic nitrogens is 2. The third kappa shape index (κ3) is 7.31. The van der Waals surface area contributed by atoms with E-state index in [9.17, 15) is 14.4 Å². The van der Waals surface area contributed by atoms with Gasteiger partial charge in [0.05, 0.1) is 6.54 Å². The molecule has 2 heterocycles. The molecule has 0 unspecified atom stereocenters. The minimum absolute atomic E-state index is 0.0821. The molecule has 1 saturated heterocycles. The summed E-state index contributed by atoms with van der Waals surface area (Å²) in [6, 6.07) is 10.5. The van der Waals surface area contributed by atoms with Crippen LogP contribution in [0, 0.1) is 5.92 Å². The minimum atomic E-state index is -0.591. The van der Waals surface area contributed by atoms with E-state index in [0.29, 0.717) is 19.0 Å². The van der Waals surface area contributed by atoms with Gasteiger partial charge in [0.1, 0.15) is 5.82 Å². The van der Waals surface area contributed by atoms with Gasteiger partial charge in [0.15, 0.2) is 5.69 Å². The van der Waals surface area contributed by atoms with Crippen molar-refractivity contribution >= 4 is 17.4 Å². The van der Waals surface area contributed by atoms with E-state index in [4.69, 9.17) is 5.73 Å². The number of nitrogens with two attached hydrogens (primary N) is 1. The number of hydrogen-bond donors (Lipinski definition) is 2. The van der Waals surface area contributed by atoms with Gasteiger partial charge in [0.25, 0.3) is 5.56 Å². The van der Waals surface area contributed by atoms with Gasteiger partial charge in [-0.1, -0.05) is 63.4 Å². The number of amides is 1. The number of hydrogen-bond acceptors (Lipinski definition) is 5. The van der Waals surface area contributed by atoms with Crippen LogP contribution in [-0.4, -0.2) is 46.5 Å². The first-order valence-corrected chi connectivity index (χ1v) is 13.1. The molecule has 1 fully saturated rings. The molecule has 0 aliphatic carbocycles. The molecule has 1 aromatic carbocycles. The summed E-state index contributed by atoms with van der Waals surface area (Å²) in [5, 5.41) is 0. The molecular weight excluding hydrogens is 442 g/mol.